The van der Waals surface area contributed by atoms with Gasteiger partial charge in [-0.15, -0.1) is 0 Å². The molecule has 2 heteroatoms. The standard InChI is InChI=1S/C60H50N2/c1-59(2,3)45-36-46(60(4,5)6)38-48(37-45)61(47-18-14-17-44(35-47)41-25-23-40(24-26-41)39-15-8-7-9-16-39)55-33-29-42-28-32-52-56(34-30-43-27-31-51(55)57(42)58(43)52)62-53-21-12-10-19-49(53)50-20-11-13-22-54(50)62/h7-38H,1-6H3. The number of para-hydroxylation sites is 2. The molecule has 0 amide bonds. The third kappa shape index (κ3) is 6.24. The van der Waals surface area contributed by atoms with Crippen molar-refractivity contribution >= 4 is 71.2 Å². The highest BCUT2D eigenvalue weighted by Gasteiger charge is 2.26. The Kier molecular flexibility index (Phi) is 8.67. The van der Waals surface area contributed by atoms with E-state index in [0.29, 0.717) is 0 Å². The van der Waals surface area contributed by atoms with E-state index in [0.717, 1.165) is 11.4 Å². The maximum Gasteiger partial charge on any atom is 0.0541 e. The van der Waals surface area contributed by atoms with Gasteiger partial charge in [0.1, 0.15) is 0 Å². The fourth-order valence-corrected chi connectivity index (χ4v) is 9.69. The predicted octanol–water partition coefficient (Wildman–Crippen LogP) is 17.1. The molecular weight excluding hydrogens is 749 g/mol. The summed E-state index contributed by atoms with van der Waals surface area (Å²) in [5.74, 6) is 0. The number of benzene rings is 10. The maximum absolute atomic E-state index is 2.52. The van der Waals surface area contributed by atoms with Gasteiger partial charge in [-0.1, -0.05) is 187 Å². The molecule has 0 fully saturated rings. The minimum absolute atomic E-state index is 0.0457. The van der Waals surface area contributed by atoms with E-state index in [1.165, 1.54) is 98.9 Å². The van der Waals surface area contributed by atoms with Crippen LogP contribution in [0.1, 0.15) is 52.7 Å². The highest BCUT2D eigenvalue weighted by atomic mass is 15.1. The lowest BCUT2D eigenvalue weighted by Gasteiger charge is -2.32. The van der Waals surface area contributed by atoms with Crippen LogP contribution in [0, 0.1) is 0 Å². The van der Waals surface area contributed by atoms with Crippen LogP contribution in [0.15, 0.2) is 194 Å². The van der Waals surface area contributed by atoms with Crippen LogP contribution >= 0.6 is 0 Å². The van der Waals surface area contributed by atoms with Gasteiger partial charge >= 0.3 is 0 Å². The average Bonchev–Trinajstić information content (AvgIpc) is 3.62. The second-order valence-corrected chi connectivity index (χ2v) is 19.1. The summed E-state index contributed by atoms with van der Waals surface area (Å²) >= 11 is 0. The molecule has 0 saturated carbocycles. The second kappa shape index (κ2) is 14.2. The van der Waals surface area contributed by atoms with Crippen molar-refractivity contribution in [1.29, 1.82) is 0 Å². The van der Waals surface area contributed by atoms with Gasteiger partial charge in [-0.2, -0.15) is 0 Å². The van der Waals surface area contributed by atoms with Crippen molar-refractivity contribution in [2.45, 2.75) is 52.4 Å². The smallest absolute Gasteiger partial charge is 0.0541 e. The number of hydrogen-bond acceptors (Lipinski definition) is 1. The molecule has 0 atom stereocenters. The quantitative estimate of drug-likeness (QED) is 0.152. The molecule has 0 saturated heterocycles. The third-order valence-electron chi connectivity index (χ3n) is 13.0. The largest absolute Gasteiger partial charge is 0.310 e. The summed E-state index contributed by atoms with van der Waals surface area (Å²) in [5, 5.41) is 10.1. The first-order chi connectivity index (χ1) is 30.0. The summed E-state index contributed by atoms with van der Waals surface area (Å²) in [6.07, 6.45) is 0. The highest BCUT2D eigenvalue weighted by molar-refractivity contribution is 6.27. The molecule has 1 heterocycles. The Hall–Kier alpha value is -7.16. The van der Waals surface area contributed by atoms with Crippen LogP contribution in [0.3, 0.4) is 0 Å². The van der Waals surface area contributed by atoms with Gasteiger partial charge in [0.05, 0.1) is 22.4 Å². The molecular formula is C60H50N2. The first-order valence-corrected chi connectivity index (χ1v) is 21.9. The Bertz CT molecular complexity index is 3380. The van der Waals surface area contributed by atoms with E-state index in [2.05, 4.69) is 245 Å². The van der Waals surface area contributed by atoms with Gasteiger partial charge in [-0.25, -0.2) is 0 Å². The molecule has 0 bridgehead atoms. The van der Waals surface area contributed by atoms with E-state index in [1.54, 1.807) is 0 Å². The van der Waals surface area contributed by atoms with Crippen molar-refractivity contribution < 1.29 is 0 Å². The summed E-state index contributed by atoms with van der Waals surface area (Å²) in [6, 6.07) is 72.3. The molecule has 62 heavy (non-hydrogen) atoms. The van der Waals surface area contributed by atoms with Crippen molar-refractivity contribution in [2.75, 3.05) is 4.90 Å². The van der Waals surface area contributed by atoms with E-state index in [4.69, 9.17) is 0 Å². The zero-order chi connectivity index (χ0) is 42.3. The Labute approximate surface area is 364 Å². The number of fused-ring (bicyclic) bond motifs is 3. The zero-order valence-electron chi connectivity index (χ0n) is 36.4. The Morgan fingerprint density at radius 2 is 0.855 bits per heavy atom. The second-order valence-electron chi connectivity index (χ2n) is 19.1. The van der Waals surface area contributed by atoms with Gasteiger partial charge in [0.2, 0.25) is 0 Å². The van der Waals surface area contributed by atoms with Gasteiger partial charge in [-0.3, -0.25) is 0 Å². The van der Waals surface area contributed by atoms with Crippen LogP contribution in [-0.4, -0.2) is 4.57 Å². The fourth-order valence-electron chi connectivity index (χ4n) is 9.69. The van der Waals surface area contributed by atoms with E-state index in [-0.39, 0.29) is 10.8 Å². The summed E-state index contributed by atoms with van der Waals surface area (Å²) in [6.45, 7) is 14.0. The van der Waals surface area contributed by atoms with E-state index >= 15 is 0 Å². The van der Waals surface area contributed by atoms with Crippen LogP contribution in [-0.2, 0) is 10.8 Å². The maximum atomic E-state index is 2.52. The van der Waals surface area contributed by atoms with E-state index < -0.39 is 0 Å². The van der Waals surface area contributed by atoms with Gasteiger partial charge in [0, 0.05) is 32.9 Å². The fraction of sp³-hybridized carbons (Fsp3) is 0.133. The summed E-state index contributed by atoms with van der Waals surface area (Å²) in [4.78, 5) is 2.52. The SMILES string of the molecule is CC(C)(C)c1cc(N(c2cccc(-c3ccc(-c4ccccc4)cc3)c2)c2ccc3ccc4c(-n5c6ccccc6c6ccccc65)ccc5ccc2c3c54)cc(C(C)(C)C)c1. The molecule has 0 aliphatic rings. The number of anilines is 3. The Morgan fingerprint density at radius 3 is 1.48 bits per heavy atom. The number of aromatic nitrogens is 1. The van der Waals surface area contributed by atoms with Crippen molar-refractivity contribution in [2.24, 2.45) is 0 Å². The molecule has 1 aromatic heterocycles. The van der Waals surface area contributed by atoms with Gasteiger partial charge < -0.3 is 9.47 Å². The lowest BCUT2D eigenvalue weighted by atomic mass is 9.80. The highest BCUT2D eigenvalue weighted by Crippen LogP contribution is 2.47. The minimum Gasteiger partial charge on any atom is -0.310 e. The van der Waals surface area contributed by atoms with Crippen molar-refractivity contribution in [3.63, 3.8) is 0 Å². The molecule has 10 aromatic carbocycles. The van der Waals surface area contributed by atoms with Crippen LogP contribution in [0.4, 0.5) is 17.1 Å². The summed E-state index contributed by atoms with van der Waals surface area (Å²) in [7, 11) is 0. The van der Waals surface area contributed by atoms with Crippen molar-refractivity contribution in [3.8, 4) is 27.9 Å². The molecule has 0 aliphatic heterocycles. The molecule has 0 radical (unpaired) electrons. The van der Waals surface area contributed by atoms with Crippen LogP contribution < -0.4 is 4.90 Å². The third-order valence-corrected chi connectivity index (χ3v) is 13.0. The van der Waals surface area contributed by atoms with Crippen LogP contribution in [0.25, 0.3) is 82.1 Å². The molecule has 0 aliphatic carbocycles. The number of nitrogens with zero attached hydrogens (tertiary/aromatic N) is 2. The van der Waals surface area contributed by atoms with E-state index in [1.807, 2.05) is 0 Å². The lowest BCUT2D eigenvalue weighted by molar-refractivity contribution is 0.569. The lowest BCUT2D eigenvalue weighted by Crippen LogP contribution is -2.19. The Balaban J connectivity index is 1.16. The number of rotatable bonds is 6. The first-order valence-electron chi connectivity index (χ1n) is 21.9. The van der Waals surface area contributed by atoms with Gasteiger partial charge in [0.25, 0.3) is 0 Å². The van der Waals surface area contributed by atoms with Crippen LogP contribution in [0.5, 0.6) is 0 Å². The molecule has 0 spiro atoms. The molecule has 0 unspecified atom stereocenters. The first kappa shape index (κ1) is 37.8. The van der Waals surface area contributed by atoms with Gasteiger partial charge in [0.15, 0.2) is 0 Å². The predicted molar refractivity (Wildman–Crippen MR) is 267 cm³/mol. The average molecular weight is 799 g/mol. The molecule has 2 nitrogen and oxygen atoms in total. The molecule has 11 aromatic rings. The van der Waals surface area contributed by atoms with Gasteiger partial charge in [-0.05, 0) is 114 Å². The van der Waals surface area contributed by atoms with Crippen LogP contribution in [0.2, 0.25) is 0 Å². The molecule has 11 rings (SSSR count). The molecule has 300 valence electrons. The Morgan fingerprint density at radius 1 is 0.355 bits per heavy atom. The topological polar surface area (TPSA) is 8.17 Å². The minimum atomic E-state index is -0.0457. The summed E-state index contributed by atoms with van der Waals surface area (Å²) < 4.78 is 2.47. The van der Waals surface area contributed by atoms with E-state index in [9.17, 15) is 0 Å². The van der Waals surface area contributed by atoms with Crippen molar-refractivity contribution in [1.82, 2.24) is 4.57 Å². The monoisotopic (exact) mass is 798 g/mol. The summed E-state index contributed by atoms with van der Waals surface area (Å²) in [5.41, 5.74) is 14.5. The normalized spacial score (nSPS) is 12.4. The number of hydrogen-bond donors (Lipinski definition) is 0. The van der Waals surface area contributed by atoms with Crippen molar-refractivity contribution in [3.05, 3.63) is 205 Å². The molecule has 0 N–H and O–H groups in total. The zero-order valence-corrected chi connectivity index (χ0v) is 36.4.